The Morgan fingerprint density at radius 3 is 2.47 bits per heavy atom. The van der Waals surface area contributed by atoms with Crippen LogP contribution in [0.4, 0.5) is 0 Å². The smallest absolute Gasteiger partial charge is 0.323 e. The molecule has 1 rings (SSSR count). The van der Waals surface area contributed by atoms with Crippen molar-refractivity contribution < 1.29 is 9.90 Å². The van der Waals surface area contributed by atoms with Crippen molar-refractivity contribution in [1.82, 2.24) is 5.32 Å². The van der Waals surface area contributed by atoms with Crippen molar-refractivity contribution in [3.8, 4) is 0 Å². The predicted octanol–water partition coefficient (Wildman–Crippen LogP) is 2.41. The summed E-state index contributed by atoms with van der Waals surface area (Å²) >= 11 is 0. The molecule has 88 valence electrons. The van der Waals surface area contributed by atoms with Gasteiger partial charge in [-0.2, -0.15) is 0 Å². The van der Waals surface area contributed by atoms with Crippen LogP contribution in [-0.2, 0) is 4.79 Å². The lowest BCUT2D eigenvalue weighted by molar-refractivity contribution is -0.140. The molecule has 1 aliphatic rings. The van der Waals surface area contributed by atoms with Gasteiger partial charge in [0.25, 0.3) is 0 Å². The second-order valence-corrected chi connectivity index (χ2v) is 5.51. The van der Waals surface area contributed by atoms with Crippen LogP contribution >= 0.6 is 0 Å². The molecule has 15 heavy (non-hydrogen) atoms. The molecule has 0 saturated heterocycles. The van der Waals surface area contributed by atoms with Crippen molar-refractivity contribution in [2.24, 2.45) is 5.41 Å². The summed E-state index contributed by atoms with van der Waals surface area (Å²) in [5.41, 5.74) is -0.371. The summed E-state index contributed by atoms with van der Waals surface area (Å²) in [6.07, 6.45) is 5.15. The molecule has 3 nitrogen and oxygen atoms in total. The molecule has 3 heteroatoms. The standard InChI is InChI=1S/C12H23NO2/c1-4-5-6-11(2,3)9-13-12(7-8-12)10(14)15/h13H,4-9H2,1-3H3,(H,14,15). The first kappa shape index (κ1) is 12.5. The number of carboxylic acid groups (broad SMARTS) is 1. The zero-order chi connectivity index (χ0) is 11.5. The summed E-state index contributed by atoms with van der Waals surface area (Å²) in [6.45, 7) is 7.39. The highest BCUT2D eigenvalue weighted by molar-refractivity contribution is 5.82. The van der Waals surface area contributed by atoms with Gasteiger partial charge in [-0.1, -0.05) is 33.6 Å². The Morgan fingerprint density at radius 1 is 1.47 bits per heavy atom. The van der Waals surface area contributed by atoms with Gasteiger partial charge in [-0.15, -0.1) is 0 Å². The largest absolute Gasteiger partial charge is 0.480 e. The molecule has 0 aromatic carbocycles. The maximum absolute atomic E-state index is 11.0. The van der Waals surface area contributed by atoms with Crippen molar-refractivity contribution in [1.29, 1.82) is 0 Å². The fourth-order valence-corrected chi connectivity index (χ4v) is 1.74. The van der Waals surface area contributed by atoms with E-state index in [9.17, 15) is 4.79 Å². The van der Waals surface area contributed by atoms with E-state index in [2.05, 4.69) is 26.1 Å². The van der Waals surface area contributed by atoms with Crippen molar-refractivity contribution in [2.75, 3.05) is 6.54 Å². The lowest BCUT2D eigenvalue weighted by Crippen LogP contribution is -2.43. The minimum absolute atomic E-state index is 0.209. The first-order chi connectivity index (χ1) is 6.92. The van der Waals surface area contributed by atoms with Gasteiger partial charge < -0.3 is 10.4 Å². The van der Waals surface area contributed by atoms with Gasteiger partial charge in [-0.05, 0) is 24.7 Å². The Kier molecular flexibility index (Phi) is 3.77. The van der Waals surface area contributed by atoms with Crippen molar-refractivity contribution in [3.05, 3.63) is 0 Å². The van der Waals surface area contributed by atoms with Gasteiger partial charge in [0.15, 0.2) is 0 Å². The molecule has 0 aliphatic heterocycles. The van der Waals surface area contributed by atoms with E-state index in [0.29, 0.717) is 0 Å². The number of aliphatic carboxylic acids is 1. The SMILES string of the molecule is CCCCC(C)(C)CNC1(C(=O)O)CC1. The molecule has 0 bridgehead atoms. The summed E-state index contributed by atoms with van der Waals surface area (Å²) < 4.78 is 0. The van der Waals surface area contributed by atoms with Crippen molar-refractivity contribution >= 4 is 5.97 Å². The van der Waals surface area contributed by atoms with E-state index in [0.717, 1.165) is 25.8 Å². The van der Waals surface area contributed by atoms with E-state index in [1.807, 2.05) is 0 Å². The number of hydrogen-bond acceptors (Lipinski definition) is 2. The first-order valence-corrected chi connectivity index (χ1v) is 5.90. The Hall–Kier alpha value is -0.570. The number of carbonyl (C=O) groups is 1. The summed E-state index contributed by atoms with van der Waals surface area (Å²) in [6, 6.07) is 0. The van der Waals surface area contributed by atoms with Crippen LogP contribution in [0, 0.1) is 5.41 Å². The van der Waals surface area contributed by atoms with E-state index < -0.39 is 11.5 Å². The fourth-order valence-electron chi connectivity index (χ4n) is 1.74. The summed E-state index contributed by atoms with van der Waals surface area (Å²) in [5, 5.41) is 12.2. The number of hydrogen-bond donors (Lipinski definition) is 2. The minimum Gasteiger partial charge on any atom is -0.480 e. The molecule has 0 heterocycles. The molecular weight excluding hydrogens is 190 g/mol. The molecule has 0 atom stereocenters. The predicted molar refractivity (Wildman–Crippen MR) is 60.9 cm³/mol. The Bertz CT molecular complexity index is 232. The monoisotopic (exact) mass is 213 g/mol. The van der Waals surface area contributed by atoms with Crippen molar-refractivity contribution in [3.63, 3.8) is 0 Å². The van der Waals surface area contributed by atoms with Crippen molar-refractivity contribution in [2.45, 2.75) is 58.4 Å². The van der Waals surface area contributed by atoms with Gasteiger partial charge in [0.05, 0.1) is 0 Å². The van der Waals surface area contributed by atoms with E-state index in [-0.39, 0.29) is 5.41 Å². The highest BCUT2D eigenvalue weighted by atomic mass is 16.4. The van der Waals surface area contributed by atoms with Gasteiger partial charge in [0.2, 0.25) is 0 Å². The van der Waals surface area contributed by atoms with Crippen LogP contribution < -0.4 is 5.32 Å². The van der Waals surface area contributed by atoms with Crippen LogP contribution in [0.25, 0.3) is 0 Å². The van der Waals surface area contributed by atoms with Crippen LogP contribution in [0.1, 0.15) is 52.9 Å². The molecule has 2 N–H and O–H groups in total. The van der Waals surface area contributed by atoms with Crippen LogP contribution in [0.2, 0.25) is 0 Å². The number of unbranched alkanes of at least 4 members (excludes halogenated alkanes) is 1. The van der Waals surface area contributed by atoms with Crippen LogP contribution in [0.3, 0.4) is 0 Å². The molecule has 0 spiro atoms. The molecule has 1 fully saturated rings. The lowest BCUT2D eigenvalue weighted by atomic mass is 9.87. The third-order valence-corrected chi connectivity index (χ3v) is 3.27. The number of carboxylic acids is 1. The van der Waals surface area contributed by atoms with E-state index in [1.165, 1.54) is 12.8 Å². The zero-order valence-corrected chi connectivity index (χ0v) is 10.1. The zero-order valence-electron chi connectivity index (χ0n) is 10.1. The molecule has 0 unspecified atom stereocenters. The lowest BCUT2D eigenvalue weighted by Gasteiger charge is -2.27. The average molecular weight is 213 g/mol. The molecule has 1 aliphatic carbocycles. The third kappa shape index (κ3) is 3.49. The normalized spacial score (nSPS) is 18.9. The number of nitrogens with one attached hydrogen (secondary N) is 1. The summed E-state index contributed by atoms with van der Waals surface area (Å²) in [7, 11) is 0. The van der Waals surface area contributed by atoms with Gasteiger partial charge in [0.1, 0.15) is 5.54 Å². The van der Waals surface area contributed by atoms with Gasteiger partial charge >= 0.3 is 5.97 Å². The van der Waals surface area contributed by atoms with E-state index in [4.69, 9.17) is 5.11 Å². The van der Waals surface area contributed by atoms with Gasteiger partial charge in [-0.25, -0.2) is 0 Å². The minimum atomic E-state index is -0.686. The molecule has 0 radical (unpaired) electrons. The molecule has 0 aromatic heterocycles. The maximum atomic E-state index is 11.0. The van der Waals surface area contributed by atoms with Gasteiger partial charge in [0, 0.05) is 6.54 Å². The van der Waals surface area contributed by atoms with E-state index in [1.54, 1.807) is 0 Å². The molecule has 0 aromatic rings. The Labute approximate surface area is 92.3 Å². The second-order valence-electron chi connectivity index (χ2n) is 5.51. The Morgan fingerprint density at radius 2 is 2.07 bits per heavy atom. The Balaban J connectivity index is 2.32. The van der Waals surface area contributed by atoms with Crippen LogP contribution in [-0.4, -0.2) is 23.2 Å². The summed E-state index contributed by atoms with van der Waals surface area (Å²) in [5.74, 6) is -0.686. The fraction of sp³-hybridized carbons (Fsp3) is 0.917. The average Bonchev–Trinajstić information content (AvgIpc) is 2.93. The first-order valence-electron chi connectivity index (χ1n) is 5.90. The topological polar surface area (TPSA) is 49.3 Å². The van der Waals surface area contributed by atoms with Gasteiger partial charge in [-0.3, -0.25) is 4.79 Å². The number of rotatable bonds is 7. The summed E-state index contributed by atoms with van der Waals surface area (Å²) in [4.78, 5) is 11.0. The second kappa shape index (κ2) is 4.52. The third-order valence-electron chi connectivity index (χ3n) is 3.27. The van der Waals surface area contributed by atoms with E-state index >= 15 is 0 Å². The highest BCUT2D eigenvalue weighted by Gasteiger charge is 2.50. The molecule has 0 amide bonds. The maximum Gasteiger partial charge on any atom is 0.323 e. The quantitative estimate of drug-likeness (QED) is 0.682. The molecular formula is C12H23NO2. The highest BCUT2D eigenvalue weighted by Crippen LogP contribution is 2.36. The van der Waals surface area contributed by atoms with Crippen LogP contribution in [0.15, 0.2) is 0 Å². The molecule has 1 saturated carbocycles. The van der Waals surface area contributed by atoms with Crippen LogP contribution in [0.5, 0.6) is 0 Å².